The van der Waals surface area contributed by atoms with Gasteiger partial charge in [0.15, 0.2) is 5.82 Å². The molecular formula is C18H19N3O2. The maximum absolute atomic E-state index is 5.48. The van der Waals surface area contributed by atoms with Crippen molar-refractivity contribution in [1.29, 1.82) is 0 Å². The molecule has 0 bridgehead atoms. The molecule has 2 aliphatic rings. The lowest BCUT2D eigenvalue weighted by atomic mass is 9.95. The van der Waals surface area contributed by atoms with Gasteiger partial charge >= 0.3 is 0 Å². The van der Waals surface area contributed by atoms with Crippen LogP contribution in [0.5, 0.6) is 0 Å². The average molecular weight is 309 g/mol. The summed E-state index contributed by atoms with van der Waals surface area (Å²) < 4.78 is 10.9. The average Bonchev–Trinajstić information content (AvgIpc) is 3.32. The molecule has 1 atom stereocenters. The van der Waals surface area contributed by atoms with E-state index >= 15 is 0 Å². The van der Waals surface area contributed by atoms with Gasteiger partial charge in [0.25, 0.3) is 5.89 Å². The predicted octanol–water partition coefficient (Wildman–Crippen LogP) is 3.60. The van der Waals surface area contributed by atoms with Crippen LogP contribution in [0.15, 0.2) is 22.7 Å². The molecule has 3 heterocycles. The molecular weight excluding hydrogens is 290 g/mol. The quantitative estimate of drug-likeness (QED) is 0.785. The summed E-state index contributed by atoms with van der Waals surface area (Å²) in [5, 5.41) is 5.48. The fraction of sp³-hybridized carbons (Fsp3) is 0.444. The highest BCUT2D eigenvalue weighted by Crippen LogP contribution is 2.32. The minimum absolute atomic E-state index is 0.272. The second kappa shape index (κ2) is 5.20. The summed E-state index contributed by atoms with van der Waals surface area (Å²) in [5.41, 5.74) is 5.05. The molecule has 1 aliphatic carbocycles. The molecule has 1 N–H and O–H groups in total. The molecule has 1 saturated heterocycles. The van der Waals surface area contributed by atoms with E-state index in [4.69, 9.17) is 9.26 Å². The molecule has 3 aromatic rings. The van der Waals surface area contributed by atoms with Crippen molar-refractivity contribution in [2.75, 3.05) is 13.2 Å². The molecule has 1 aliphatic heterocycles. The summed E-state index contributed by atoms with van der Waals surface area (Å²) >= 11 is 0. The van der Waals surface area contributed by atoms with Gasteiger partial charge in [0, 0.05) is 34.7 Å². The van der Waals surface area contributed by atoms with Crippen LogP contribution < -0.4 is 0 Å². The Bertz CT molecular complexity index is 858. The Morgan fingerprint density at radius 3 is 3.04 bits per heavy atom. The SMILES string of the molecule is c1cc2c3c([nH]c2cc1-c1nc([C@@H]2CCOC2)no1)CCCC3. The summed E-state index contributed by atoms with van der Waals surface area (Å²) in [7, 11) is 0. The number of hydrogen-bond donors (Lipinski definition) is 1. The number of benzene rings is 1. The van der Waals surface area contributed by atoms with Gasteiger partial charge in [-0.05, 0) is 49.8 Å². The summed E-state index contributed by atoms with van der Waals surface area (Å²) in [5.74, 6) is 1.64. The Morgan fingerprint density at radius 1 is 1.17 bits per heavy atom. The van der Waals surface area contributed by atoms with Crippen molar-refractivity contribution in [1.82, 2.24) is 15.1 Å². The summed E-state index contributed by atoms with van der Waals surface area (Å²) in [6, 6.07) is 6.41. The van der Waals surface area contributed by atoms with Crippen molar-refractivity contribution in [2.45, 2.75) is 38.0 Å². The van der Waals surface area contributed by atoms with E-state index in [0.717, 1.165) is 30.8 Å². The zero-order valence-corrected chi connectivity index (χ0v) is 13.0. The first-order chi connectivity index (χ1) is 11.4. The van der Waals surface area contributed by atoms with Crippen LogP contribution in [0.4, 0.5) is 0 Å². The minimum Gasteiger partial charge on any atom is -0.381 e. The number of aromatic nitrogens is 3. The van der Waals surface area contributed by atoms with Crippen LogP contribution >= 0.6 is 0 Å². The van der Waals surface area contributed by atoms with Gasteiger partial charge in [0.05, 0.1) is 6.61 Å². The fourth-order valence-corrected chi connectivity index (χ4v) is 3.80. The van der Waals surface area contributed by atoms with E-state index in [0.29, 0.717) is 12.5 Å². The minimum atomic E-state index is 0.272. The molecule has 0 unspecified atom stereocenters. The smallest absolute Gasteiger partial charge is 0.258 e. The highest BCUT2D eigenvalue weighted by Gasteiger charge is 2.24. The highest BCUT2D eigenvalue weighted by molar-refractivity contribution is 5.88. The maximum atomic E-state index is 5.48. The number of aryl methyl sites for hydroxylation is 2. The summed E-state index contributed by atoms with van der Waals surface area (Å²) in [6.45, 7) is 1.48. The zero-order valence-electron chi connectivity index (χ0n) is 13.0. The molecule has 118 valence electrons. The van der Waals surface area contributed by atoms with Crippen LogP contribution in [-0.2, 0) is 17.6 Å². The first-order valence-electron chi connectivity index (χ1n) is 8.44. The summed E-state index contributed by atoms with van der Waals surface area (Å²) in [4.78, 5) is 8.16. The molecule has 1 aromatic carbocycles. The monoisotopic (exact) mass is 309 g/mol. The van der Waals surface area contributed by atoms with Crippen molar-refractivity contribution in [2.24, 2.45) is 0 Å². The van der Waals surface area contributed by atoms with Crippen LogP contribution in [-0.4, -0.2) is 28.3 Å². The molecule has 0 amide bonds. The van der Waals surface area contributed by atoms with Crippen LogP contribution in [0, 0.1) is 0 Å². The standard InChI is InChI=1S/C18H19N3O2/c1-2-4-15-13(3-1)14-6-5-11(9-16(14)19-15)18-20-17(21-23-18)12-7-8-22-10-12/h5-6,9,12,19H,1-4,7-8,10H2/t12-/m1/s1. The first-order valence-corrected chi connectivity index (χ1v) is 8.44. The van der Waals surface area contributed by atoms with Crippen LogP contribution in [0.1, 0.15) is 42.3 Å². The molecule has 23 heavy (non-hydrogen) atoms. The molecule has 0 radical (unpaired) electrons. The number of H-pyrrole nitrogens is 1. The molecule has 0 saturated carbocycles. The van der Waals surface area contributed by atoms with Crippen LogP contribution in [0.3, 0.4) is 0 Å². The van der Waals surface area contributed by atoms with E-state index in [9.17, 15) is 0 Å². The van der Waals surface area contributed by atoms with Gasteiger partial charge in [0.2, 0.25) is 0 Å². The van der Waals surface area contributed by atoms with E-state index in [2.05, 4.69) is 33.3 Å². The Kier molecular flexibility index (Phi) is 3.01. The van der Waals surface area contributed by atoms with E-state index < -0.39 is 0 Å². The number of rotatable bonds is 2. The van der Waals surface area contributed by atoms with Crippen molar-refractivity contribution < 1.29 is 9.26 Å². The lowest BCUT2D eigenvalue weighted by molar-refractivity contribution is 0.192. The van der Waals surface area contributed by atoms with Crippen molar-refractivity contribution in [3.63, 3.8) is 0 Å². The first kappa shape index (κ1) is 13.3. The number of ether oxygens (including phenoxy) is 1. The van der Waals surface area contributed by atoms with Crippen LogP contribution in [0.25, 0.3) is 22.4 Å². The van der Waals surface area contributed by atoms with Gasteiger partial charge < -0.3 is 14.2 Å². The zero-order chi connectivity index (χ0) is 15.2. The Balaban J connectivity index is 1.53. The lowest BCUT2D eigenvalue weighted by Gasteiger charge is -2.10. The molecule has 1 fully saturated rings. The van der Waals surface area contributed by atoms with Gasteiger partial charge in [-0.25, -0.2) is 0 Å². The normalized spacial score (nSPS) is 21.0. The van der Waals surface area contributed by atoms with Gasteiger partial charge in [0.1, 0.15) is 0 Å². The number of nitrogens with zero attached hydrogens (tertiary/aromatic N) is 2. The fourth-order valence-electron chi connectivity index (χ4n) is 3.80. The second-order valence-electron chi connectivity index (χ2n) is 6.57. The van der Waals surface area contributed by atoms with Crippen molar-refractivity contribution in [3.05, 3.63) is 35.3 Å². The Morgan fingerprint density at radius 2 is 2.13 bits per heavy atom. The van der Waals surface area contributed by atoms with Gasteiger partial charge in [-0.15, -0.1) is 0 Å². The molecule has 0 spiro atoms. The van der Waals surface area contributed by atoms with Gasteiger partial charge in [-0.1, -0.05) is 11.2 Å². The molecule has 5 heteroatoms. The van der Waals surface area contributed by atoms with E-state index in [-0.39, 0.29) is 5.92 Å². The third-order valence-electron chi connectivity index (χ3n) is 5.08. The number of fused-ring (bicyclic) bond motifs is 3. The Hall–Kier alpha value is -2.14. The van der Waals surface area contributed by atoms with E-state index in [1.54, 1.807) is 0 Å². The predicted molar refractivity (Wildman–Crippen MR) is 86.4 cm³/mol. The highest BCUT2D eigenvalue weighted by atomic mass is 16.5. The van der Waals surface area contributed by atoms with E-state index in [1.807, 2.05) is 0 Å². The molecule has 2 aromatic heterocycles. The van der Waals surface area contributed by atoms with Crippen molar-refractivity contribution in [3.8, 4) is 11.5 Å². The van der Waals surface area contributed by atoms with E-state index in [1.165, 1.54) is 41.4 Å². The Labute approximate surface area is 134 Å². The number of aromatic amines is 1. The summed E-state index contributed by atoms with van der Waals surface area (Å²) in [6.07, 6.45) is 5.88. The molecule has 5 rings (SSSR count). The van der Waals surface area contributed by atoms with Gasteiger partial charge in [-0.3, -0.25) is 0 Å². The lowest BCUT2D eigenvalue weighted by Crippen LogP contribution is -1.99. The topological polar surface area (TPSA) is 63.9 Å². The number of nitrogens with one attached hydrogen (secondary N) is 1. The number of hydrogen-bond acceptors (Lipinski definition) is 4. The third kappa shape index (κ3) is 2.18. The van der Waals surface area contributed by atoms with Crippen LogP contribution in [0.2, 0.25) is 0 Å². The maximum Gasteiger partial charge on any atom is 0.258 e. The van der Waals surface area contributed by atoms with Gasteiger partial charge in [-0.2, -0.15) is 4.98 Å². The van der Waals surface area contributed by atoms with Crippen molar-refractivity contribution >= 4 is 10.9 Å². The largest absolute Gasteiger partial charge is 0.381 e. The third-order valence-corrected chi connectivity index (χ3v) is 5.08. The molecule has 5 nitrogen and oxygen atoms in total. The second-order valence-corrected chi connectivity index (χ2v) is 6.57.